The van der Waals surface area contributed by atoms with Crippen LogP contribution >= 0.6 is 11.3 Å². The monoisotopic (exact) mass is 342 g/mol. The molecule has 0 bridgehead atoms. The number of aryl methyl sites for hydroxylation is 1. The molecule has 0 aromatic carbocycles. The third kappa shape index (κ3) is 2.62. The fourth-order valence-electron chi connectivity index (χ4n) is 3.09. The van der Waals surface area contributed by atoms with Crippen LogP contribution in [0.2, 0.25) is 0 Å². The molecule has 124 valence electrons. The minimum atomic E-state index is 0.0419. The summed E-state index contributed by atoms with van der Waals surface area (Å²) in [6, 6.07) is 2.07. The third-order valence-electron chi connectivity index (χ3n) is 4.36. The number of anilines is 1. The summed E-state index contributed by atoms with van der Waals surface area (Å²) in [6.07, 6.45) is 5.83. The summed E-state index contributed by atoms with van der Waals surface area (Å²) in [5.41, 5.74) is 0.630. The van der Waals surface area contributed by atoms with Crippen molar-refractivity contribution < 1.29 is 4.79 Å². The van der Waals surface area contributed by atoms with Crippen LogP contribution < -0.4 is 4.90 Å². The highest BCUT2D eigenvalue weighted by Gasteiger charge is 2.23. The molecule has 0 aliphatic carbocycles. The van der Waals surface area contributed by atoms with Gasteiger partial charge in [-0.2, -0.15) is 0 Å². The van der Waals surface area contributed by atoms with Crippen LogP contribution in [0.1, 0.15) is 16.9 Å². The number of fused-ring (bicyclic) bond motifs is 1. The number of hydrogen-bond donors (Lipinski definition) is 0. The smallest absolute Gasteiger partial charge is 0.272 e. The summed E-state index contributed by atoms with van der Waals surface area (Å²) >= 11 is 1.62. The lowest BCUT2D eigenvalue weighted by Crippen LogP contribution is -2.36. The summed E-state index contributed by atoms with van der Waals surface area (Å²) in [4.78, 5) is 30.7. The summed E-state index contributed by atoms with van der Waals surface area (Å²) < 4.78 is 1.77. The average molecular weight is 342 g/mol. The molecular formula is C16H18N6OS. The molecule has 3 aromatic rings. The van der Waals surface area contributed by atoms with Crippen LogP contribution in [0.5, 0.6) is 0 Å². The Bertz CT molecular complexity index is 872. The molecule has 3 aromatic heterocycles. The lowest BCUT2D eigenvalue weighted by Gasteiger charge is -2.23. The van der Waals surface area contributed by atoms with Crippen molar-refractivity contribution in [3.05, 3.63) is 36.0 Å². The molecule has 1 aliphatic rings. The topological polar surface area (TPSA) is 67.2 Å². The molecule has 0 spiro atoms. The van der Waals surface area contributed by atoms with Gasteiger partial charge in [0.25, 0.3) is 5.91 Å². The molecule has 1 amide bonds. The van der Waals surface area contributed by atoms with Crippen molar-refractivity contribution in [1.82, 2.24) is 24.4 Å². The van der Waals surface area contributed by atoms with E-state index >= 15 is 0 Å². The van der Waals surface area contributed by atoms with Crippen molar-refractivity contribution in [2.24, 2.45) is 7.05 Å². The minimum absolute atomic E-state index is 0.0419. The first kappa shape index (κ1) is 15.1. The van der Waals surface area contributed by atoms with Gasteiger partial charge in [-0.05, 0) is 17.9 Å². The second kappa shape index (κ2) is 6.20. The fraction of sp³-hybridized carbons (Fsp3) is 0.375. The van der Waals surface area contributed by atoms with Crippen LogP contribution in [0.3, 0.4) is 0 Å². The van der Waals surface area contributed by atoms with Crippen molar-refractivity contribution in [2.45, 2.75) is 6.42 Å². The van der Waals surface area contributed by atoms with Crippen molar-refractivity contribution in [3.63, 3.8) is 0 Å². The number of carbonyl (C=O) groups excluding carboxylic acids is 1. The average Bonchev–Trinajstić information content (AvgIpc) is 3.16. The Labute approximate surface area is 143 Å². The standard InChI is InChI=1S/C16H18N6OS/c1-20-11-17-9-13(20)16(23)22-5-2-4-21(6-7-22)14-12-3-8-24-15(12)19-10-18-14/h3,8-11H,2,4-7H2,1H3. The van der Waals surface area contributed by atoms with Crippen molar-refractivity contribution in [2.75, 3.05) is 31.1 Å². The molecule has 1 saturated heterocycles. The Morgan fingerprint density at radius 3 is 2.96 bits per heavy atom. The highest BCUT2D eigenvalue weighted by Crippen LogP contribution is 2.27. The number of amides is 1. The molecule has 0 atom stereocenters. The number of thiophene rings is 1. The maximum absolute atomic E-state index is 12.7. The van der Waals surface area contributed by atoms with E-state index in [1.807, 2.05) is 17.3 Å². The highest BCUT2D eigenvalue weighted by atomic mass is 32.1. The minimum Gasteiger partial charge on any atom is -0.354 e. The maximum Gasteiger partial charge on any atom is 0.272 e. The quantitative estimate of drug-likeness (QED) is 0.710. The fourth-order valence-corrected chi connectivity index (χ4v) is 3.81. The van der Waals surface area contributed by atoms with Gasteiger partial charge in [0.1, 0.15) is 22.7 Å². The first-order valence-corrected chi connectivity index (χ1v) is 8.81. The van der Waals surface area contributed by atoms with E-state index in [0.717, 1.165) is 42.1 Å². The number of nitrogens with zero attached hydrogens (tertiary/aromatic N) is 6. The molecule has 1 fully saturated rings. The van der Waals surface area contributed by atoms with Gasteiger partial charge < -0.3 is 14.4 Å². The van der Waals surface area contributed by atoms with Crippen LogP contribution in [0.15, 0.2) is 30.3 Å². The van der Waals surface area contributed by atoms with Crippen LogP contribution in [0.4, 0.5) is 5.82 Å². The first-order chi connectivity index (χ1) is 11.7. The Morgan fingerprint density at radius 1 is 1.21 bits per heavy atom. The Hall–Kier alpha value is -2.48. The molecule has 4 heterocycles. The number of imidazole rings is 1. The SMILES string of the molecule is Cn1cncc1C(=O)N1CCCN(c2ncnc3sccc23)CC1. The second-order valence-corrected chi connectivity index (χ2v) is 6.75. The summed E-state index contributed by atoms with van der Waals surface area (Å²) in [5.74, 6) is 1.01. The van der Waals surface area contributed by atoms with E-state index in [1.165, 1.54) is 0 Å². The molecule has 24 heavy (non-hydrogen) atoms. The first-order valence-electron chi connectivity index (χ1n) is 7.93. The van der Waals surface area contributed by atoms with Gasteiger partial charge in [0, 0.05) is 33.2 Å². The van der Waals surface area contributed by atoms with E-state index in [1.54, 1.807) is 34.8 Å². The molecule has 0 radical (unpaired) electrons. The van der Waals surface area contributed by atoms with Gasteiger partial charge in [-0.15, -0.1) is 11.3 Å². The normalized spacial score (nSPS) is 15.7. The second-order valence-electron chi connectivity index (χ2n) is 5.86. The van der Waals surface area contributed by atoms with Crippen LogP contribution in [0.25, 0.3) is 10.2 Å². The van der Waals surface area contributed by atoms with E-state index in [-0.39, 0.29) is 5.91 Å². The van der Waals surface area contributed by atoms with Gasteiger partial charge in [0.15, 0.2) is 0 Å². The number of rotatable bonds is 2. The zero-order chi connectivity index (χ0) is 16.5. The predicted molar refractivity (Wildman–Crippen MR) is 93.4 cm³/mol. The summed E-state index contributed by atoms with van der Waals surface area (Å²) in [5, 5.41) is 3.13. The molecule has 0 saturated carbocycles. The molecule has 4 rings (SSSR count). The Kier molecular flexibility index (Phi) is 3.89. The number of hydrogen-bond acceptors (Lipinski definition) is 6. The van der Waals surface area contributed by atoms with Crippen molar-refractivity contribution in [3.8, 4) is 0 Å². The lowest BCUT2D eigenvalue weighted by molar-refractivity contribution is 0.0757. The highest BCUT2D eigenvalue weighted by molar-refractivity contribution is 7.16. The molecule has 8 heteroatoms. The van der Waals surface area contributed by atoms with Gasteiger partial charge in [-0.3, -0.25) is 4.79 Å². The zero-order valence-corrected chi connectivity index (χ0v) is 14.2. The van der Waals surface area contributed by atoms with Gasteiger partial charge in [0.05, 0.1) is 17.9 Å². The third-order valence-corrected chi connectivity index (χ3v) is 5.18. The molecule has 0 unspecified atom stereocenters. The van der Waals surface area contributed by atoms with Crippen molar-refractivity contribution in [1.29, 1.82) is 0 Å². The molecule has 0 N–H and O–H groups in total. The zero-order valence-electron chi connectivity index (χ0n) is 13.4. The Balaban J connectivity index is 1.53. The van der Waals surface area contributed by atoms with Crippen LogP contribution in [-0.4, -0.2) is 56.5 Å². The lowest BCUT2D eigenvalue weighted by atomic mass is 10.3. The van der Waals surface area contributed by atoms with E-state index < -0.39 is 0 Å². The van der Waals surface area contributed by atoms with E-state index in [4.69, 9.17) is 0 Å². The molecule has 7 nitrogen and oxygen atoms in total. The maximum atomic E-state index is 12.7. The van der Waals surface area contributed by atoms with Crippen molar-refractivity contribution >= 4 is 33.3 Å². The predicted octanol–water partition coefficient (Wildman–Crippen LogP) is 1.78. The number of aromatic nitrogens is 4. The van der Waals surface area contributed by atoms with Gasteiger partial charge in [0.2, 0.25) is 0 Å². The van der Waals surface area contributed by atoms with E-state index in [0.29, 0.717) is 12.2 Å². The van der Waals surface area contributed by atoms with E-state index in [2.05, 4.69) is 25.9 Å². The number of carbonyl (C=O) groups is 1. The van der Waals surface area contributed by atoms with Crippen LogP contribution in [-0.2, 0) is 7.05 Å². The van der Waals surface area contributed by atoms with Gasteiger partial charge in [-0.1, -0.05) is 0 Å². The van der Waals surface area contributed by atoms with E-state index in [9.17, 15) is 4.79 Å². The van der Waals surface area contributed by atoms with Gasteiger partial charge >= 0.3 is 0 Å². The molecule has 1 aliphatic heterocycles. The van der Waals surface area contributed by atoms with Crippen LogP contribution in [0, 0.1) is 0 Å². The summed E-state index contributed by atoms with van der Waals surface area (Å²) in [7, 11) is 1.85. The largest absolute Gasteiger partial charge is 0.354 e. The molecular weight excluding hydrogens is 324 g/mol. The summed E-state index contributed by atoms with van der Waals surface area (Å²) in [6.45, 7) is 3.08. The Morgan fingerprint density at radius 2 is 2.12 bits per heavy atom. The van der Waals surface area contributed by atoms with Gasteiger partial charge in [-0.25, -0.2) is 15.0 Å².